The van der Waals surface area contributed by atoms with Gasteiger partial charge in [-0.2, -0.15) is 0 Å². The SMILES string of the molecule is CC(CCN)C(=O)CCC1CCCO1. The first kappa shape index (κ1) is 11.7. The molecule has 2 N–H and O–H groups in total. The molecule has 2 atom stereocenters. The molecule has 14 heavy (non-hydrogen) atoms. The summed E-state index contributed by atoms with van der Waals surface area (Å²) < 4.78 is 5.47. The first-order valence-corrected chi connectivity index (χ1v) is 5.58. The van der Waals surface area contributed by atoms with Crippen LogP contribution < -0.4 is 5.73 Å². The van der Waals surface area contributed by atoms with Gasteiger partial charge in [-0.05, 0) is 32.2 Å². The van der Waals surface area contributed by atoms with Gasteiger partial charge >= 0.3 is 0 Å². The summed E-state index contributed by atoms with van der Waals surface area (Å²) in [5.74, 6) is 0.465. The monoisotopic (exact) mass is 199 g/mol. The van der Waals surface area contributed by atoms with Crippen molar-refractivity contribution in [3.63, 3.8) is 0 Å². The van der Waals surface area contributed by atoms with Gasteiger partial charge in [0, 0.05) is 18.9 Å². The Bertz CT molecular complexity index is 176. The van der Waals surface area contributed by atoms with Gasteiger partial charge in [-0.1, -0.05) is 6.92 Å². The lowest BCUT2D eigenvalue weighted by molar-refractivity contribution is -0.123. The molecule has 82 valence electrons. The topological polar surface area (TPSA) is 52.3 Å². The summed E-state index contributed by atoms with van der Waals surface area (Å²) in [7, 11) is 0. The Kier molecular flexibility index (Phi) is 5.12. The van der Waals surface area contributed by atoms with Crippen molar-refractivity contribution in [2.24, 2.45) is 11.7 Å². The molecule has 0 aromatic rings. The van der Waals surface area contributed by atoms with Gasteiger partial charge in [-0.25, -0.2) is 0 Å². The van der Waals surface area contributed by atoms with Crippen molar-refractivity contribution in [2.75, 3.05) is 13.2 Å². The molecule has 0 aromatic carbocycles. The first-order valence-electron chi connectivity index (χ1n) is 5.58. The predicted molar refractivity (Wildman–Crippen MR) is 56.1 cm³/mol. The average Bonchev–Trinajstić information content (AvgIpc) is 2.67. The number of carbonyl (C=O) groups is 1. The maximum atomic E-state index is 11.6. The Morgan fingerprint density at radius 1 is 1.64 bits per heavy atom. The number of rotatable bonds is 6. The molecule has 0 aromatic heterocycles. The lowest BCUT2D eigenvalue weighted by Crippen LogP contribution is -2.17. The molecule has 3 nitrogen and oxygen atoms in total. The number of ketones is 1. The van der Waals surface area contributed by atoms with Crippen LogP contribution in [-0.2, 0) is 9.53 Å². The van der Waals surface area contributed by atoms with Crippen molar-refractivity contribution in [2.45, 2.75) is 45.1 Å². The highest BCUT2D eigenvalue weighted by molar-refractivity contribution is 5.80. The molecular formula is C11H21NO2. The van der Waals surface area contributed by atoms with Crippen LogP contribution in [0.2, 0.25) is 0 Å². The molecular weight excluding hydrogens is 178 g/mol. The van der Waals surface area contributed by atoms with Gasteiger partial charge in [0.15, 0.2) is 0 Å². The van der Waals surface area contributed by atoms with E-state index in [1.165, 1.54) is 0 Å². The van der Waals surface area contributed by atoms with E-state index < -0.39 is 0 Å². The molecule has 1 fully saturated rings. The van der Waals surface area contributed by atoms with Crippen molar-refractivity contribution in [3.05, 3.63) is 0 Å². The zero-order valence-corrected chi connectivity index (χ0v) is 9.00. The Morgan fingerprint density at radius 3 is 3.00 bits per heavy atom. The molecule has 0 spiro atoms. The lowest BCUT2D eigenvalue weighted by Gasteiger charge is -2.11. The molecule has 0 saturated carbocycles. The summed E-state index contributed by atoms with van der Waals surface area (Å²) in [5, 5.41) is 0. The Balaban J connectivity index is 2.13. The van der Waals surface area contributed by atoms with E-state index in [1.807, 2.05) is 6.92 Å². The molecule has 0 radical (unpaired) electrons. The fourth-order valence-corrected chi connectivity index (χ4v) is 1.83. The average molecular weight is 199 g/mol. The molecule has 0 amide bonds. The van der Waals surface area contributed by atoms with Crippen molar-refractivity contribution in [3.8, 4) is 0 Å². The Morgan fingerprint density at radius 2 is 2.43 bits per heavy atom. The van der Waals surface area contributed by atoms with Gasteiger partial charge in [0.1, 0.15) is 5.78 Å². The van der Waals surface area contributed by atoms with Crippen LogP contribution in [0.3, 0.4) is 0 Å². The first-order chi connectivity index (χ1) is 6.74. The van der Waals surface area contributed by atoms with Gasteiger partial charge in [-0.15, -0.1) is 0 Å². The third-order valence-corrected chi connectivity index (χ3v) is 2.89. The minimum absolute atomic E-state index is 0.126. The molecule has 1 heterocycles. The van der Waals surface area contributed by atoms with Gasteiger partial charge in [0.05, 0.1) is 6.10 Å². The van der Waals surface area contributed by atoms with E-state index in [1.54, 1.807) is 0 Å². The molecule has 1 saturated heterocycles. The second-order valence-corrected chi connectivity index (χ2v) is 4.12. The predicted octanol–water partition coefficient (Wildman–Crippen LogP) is 1.50. The van der Waals surface area contributed by atoms with E-state index in [0.717, 1.165) is 32.3 Å². The Hall–Kier alpha value is -0.410. The summed E-state index contributed by atoms with van der Waals surface area (Å²) in [6.45, 7) is 3.44. The zero-order valence-electron chi connectivity index (χ0n) is 9.00. The molecule has 1 aliphatic rings. The van der Waals surface area contributed by atoms with E-state index >= 15 is 0 Å². The smallest absolute Gasteiger partial charge is 0.135 e. The molecule has 0 bridgehead atoms. The van der Waals surface area contributed by atoms with E-state index in [4.69, 9.17) is 10.5 Å². The highest BCUT2D eigenvalue weighted by Crippen LogP contribution is 2.18. The normalized spacial score (nSPS) is 23.7. The van der Waals surface area contributed by atoms with Crippen molar-refractivity contribution < 1.29 is 9.53 Å². The third-order valence-electron chi connectivity index (χ3n) is 2.89. The van der Waals surface area contributed by atoms with Crippen LogP contribution in [0.4, 0.5) is 0 Å². The quantitative estimate of drug-likeness (QED) is 0.705. The summed E-state index contributed by atoms with van der Waals surface area (Å²) >= 11 is 0. The van der Waals surface area contributed by atoms with Crippen LogP contribution in [0.15, 0.2) is 0 Å². The second kappa shape index (κ2) is 6.14. The van der Waals surface area contributed by atoms with Crippen LogP contribution in [0.25, 0.3) is 0 Å². The largest absolute Gasteiger partial charge is 0.378 e. The van der Waals surface area contributed by atoms with E-state index in [-0.39, 0.29) is 5.92 Å². The van der Waals surface area contributed by atoms with Crippen LogP contribution in [-0.4, -0.2) is 25.0 Å². The number of carbonyl (C=O) groups excluding carboxylic acids is 1. The molecule has 3 heteroatoms. The van der Waals surface area contributed by atoms with Crippen LogP contribution >= 0.6 is 0 Å². The fraction of sp³-hybridized carbons (Fsp3) is 0.909. The summed E-state index contributed by atoms with van der Waals surface area (Å²) in [4.78, 5) is 11.6. The number of hydrogen-bond acceptors (Lipinski definition) is 3. The van der Waals surface area contributed by atoms with Gasteiger partial charge in [0.25, 0.3) is 0 Å². The highest BCUT2D eigenvalue weighted by Gasteiger charge is 2.18. The lowest BCUT2D eigenvalue weighted by atomic mass is 9.97. The van der Waals surface area contributed by atoms with Crippen molar-refractivity contribution >= 4 is 5.78 Å². The zero-order chi connectivity index (χ0) is 10.4. The number of ether oxygens (including phenoxy) is 1. The molecule has 0 aliphatic carbocycles. The maximum absolute atomic E-state index is 11.6. The van der Waals surface area contributed by atoms with Crippen LogP contribution in [0, 0.1) is 5.92 Å². The molecule has 1 rings (SSSR count). The Labute approximate surface area is 86.0 Å². The molecule has 1 aliphatic heterocycles. The van der Waals surface area contributed by atoms with E-state index in [2.05, 4.69) is 0 Å². The van der Waals surface area contributed by atoms with Crippen LogP contribution in [0.5, 0.6) is 0 Å². The van der Waals surface area contributed by atoms with Gasteiger partial charge in [-0.3, -0.25) is 4.79 Å². The molecule has 2 unspecified atom stereocenters. The number of nitrogens with two attached hydrogens (primary N) is 1. The van der Waals surface area contributed by atoms with Crippen molar-refractivity contribution in [1.29, 1.82) is 0 Å². The minimum atomic E-state index is 0.126. The third kappa shape index (κ3) is 3.76. The van der Waals surface area contributed by atoms with Crippen molar-refractivity contribution in [1.82, 2.24) is 0 Å². The standard InChI is InChI=1S/C11H21NO2/c1-9(6-7-12)11(13)5-4-10-3-2-8-14-10/h9-10H,2-8,12H2,1H3. The number of Topliss-reactive ketones (excluding diaryl/α,β-unsaturated/α-hetero) is 1. The number of hydrogen-bond donors (Lipinski definition) is 1. The van der Waals surface area contributed by atoms with Crippen LogP contribution in [0.1, 0.15) is 39.0 Å². The summed E-state index contributed by atoms with van der Waals surface area (Å²) in [5.41, 5.74) is 5.41. The highest BCUT2D eigenvalue weighted by atomic mass is 16.5. The maximum Gasteiger partial charge on any atom is 0.135 e. The fourth-order valence-electron chi connectivity index (χ4n) is 1.83. The van der Waals surface area contributed by atoms with Gasteiger partial charge in [0.2, 0.25) is 0 Å². The van der Waals surface area contributed by atoms with E-state index in [9.17, 15) is 4.79 Å². The van der Waals surface area contributed by atoms with Gasteiger partial charge < -0.3 is 10.5 Å². The second-order valence-electron chi connectivity index (χ2n) is 4.12. The minimum Gasteiger partial charge on any atom is -0.378 e. The summed E-state index contributed by atoms with van der Waals surface area (Å²) in [6, 6.07) is 0. The summed E-state index contributed by atoms with van der Waals surface area (Å²) in [6.07, 6.45) is 4.98. The van der Waals surface area contributed by atoms with E-state index in [0.29, 0.717) is 24.9 Å².